The van der Waals surface area contributed by atoms with Crippen molar-refractivity contribution in [1.82, 2.24) is 4.90 Å². The van der Waals surface area contributed by atoms with E-state index in [2.05, 4.69) is 4.74 Å². The lowest BCUT2D eigenvalue weighted by atomic mass is 10.1. The molecule has 1 aromatic carbocycles. The van der Waals surface area contributed by atoms with Crippen LogP contribution >= 0.6 is 0 Å². The summed E-state index contributed by atoms with van der Waals surface area (Å²) in [5.41, 5.74) is 0.908. The molecular formula is C16H20FNO4. The number of benzene rings is 1. The van der Waals surface area contributed by atoms with Gasteiger partial charge in [0, 0.05) is 12.6 Å². The third kappa shape index (κ3) is 4.07. The summed E-state index contributed by atoms with van der Waals surface area (Å²) in [5.74, 6) is -1.21. The highest BCUT2D eigenvalue weighted by atomic mass is 19.1. The van der Waals surface area contributed by atoms with Crippen LogP contribution in [0.5, 0.6) is 5.75 Å². The molecule has 0 spiro atoms. The molecule has 0 saturated carbocycles. The van der Waals surface area contributed by atoms with Gasteiger partial charge in [0.25, 0.3) is 0 Å². The first-order chi connectivity index (χ1) is 10.3. The molecule has 120 valence electrons. The number of methoxy groups -OCH3 is 2. The normalized spacial score (nSPS) is 12.5. The minimum absolute atomic E-state index is 0.137. The minimum Gasteiger partial charge on any atom is -0.494 e. The van der Waals surface area contributed by atoms with E-state index < -0.39 is 17.8 Å². The number of esters is 1. The van der Waals surface area contributed by atoms with E-state index in [1.54, 1.807) is 26.0 Å². The van der Waals surface area contributed by atoms with Gasteiger partial charge in [-0.1, -0.05) is 6.07 Å². The summed E-state index contributed by atoms with van der Waals surface area (Å²) in [7, 11) is 4.15. The van der Waals surface area contributed by atoms with Gasteiger partial charge < -0.3 is 14.4 Å². The Morgan fingerprint density at radius 3 is 2.45 bits per heavy atom. The van der Waals surface area contributed by atoms with E-state index in [0.29, 0.717) is 11.1 Å². The van der Waals surface area contributed by atoms with Crippen LogP contribution in [-0.2, 0) is 14.3 Å². The first kappa shape index (κ1) is 17.7. The summed E-state index contributed by atoms with van der Waals surface area (Å²) in [5, 5.41) is 0. The van der Waals surface area contributed by atoms with E-state index >= 15 is 0 Å². The number of hydrogen-bond acceptors (Lipinski definition) is 4. The van der Waals surface area contributed by atoms with E-state index in [-0.39, 0.29) is 11.7 Å². The van der Waals surface area contributed by atoms with Gasteiger partial charge in [0.15, 0.2) is 11.6 Å². The molecule has 0 saturated heterocycles. The molecule has 0 aliphatic heterocycles. The third-order valence-corrected chi connectivity index (χ3v) is 3.34. The van der Waals surface area contributed by atoms with Crippen molar-refractivity contribution in [1.29, 1.82) is 0 Å². The molecule has 1 atom stereocenters. The molecule has 0 N–H and O–H groups in total. The van der Waals surface area contributed by atoms with Crippen LogP contribution in [0.3, 0.4) is 0 Å². The van der Waals surface area contributed by atoms with Gasteiger partial charge in [-0.2, -0.15) is 0 Å². The van der Waals surface area contributed by atoms with Gasteiger partial charge in [0.05, 0.1) is 14.2 Å². The predicted molar refractivity (Wildman–Crippen MR) is 80.9 cm³/mol. The number of carbonyl (C=O) groups is 2. The number of nitrogens with zero attached hydrogens (tertiary/aromatic N) is 1. The summed E-state index contributed by atoms with van der Waals surface area (Å²) in [4.78, 5) is 25.0. The summed E-state index contributed by atoms with van der Waals surface area (Å²) >= 11 is 0. The topological polar surface area (TPSA) is 55.8 Å². The van der Waals surface area contributed by atoms with Crippen LogP contribution in [0, 0.1) is 5.82 Å². The van der Waals surface area contributed by atoms with E-state index in [0.717, 1.165) is 0 Å². The SMILES string of the molecule is COC(=O)C(C)N(C)C(=O)/C(C)=C/c1ccc(OC)c(F)c1. The van der Waals surface area contributed by atoms with Crippen LogP contribution in [0.1, 0.15) is 19.4 Å². The summed E-state index contributed by atoms with van der Waals surface area (Å²) in [6, 6.07) is 3.70. The number of halogens is 1. The summed E-state index contributed by atoms with van der Waals surface area (Å²) < 4.78 is 23.1. The number of ether oxygens (including phenoxy) is 2. The first-order valence-corrected chi connectivity index (χ1v) is 6.68. The first-order valence-electron chi connectivity index (χ1n) is 6.68. The smallest absolute Gasteiger partial charge is 0.328 e. The number of carbonyl (C=O) groups excluding carboxylic acids is 2. The van der Waals surface area contributed by atoms with Crippen LogP contribution in [0.25, 0.3) is 6.08 Å². The predicted octanol–water partition coefficient (Wildman–Crippen LogP) is 2.26. The van der Waals surface area contributed by atoms with Crippen molar-refractivity contribution in [2.24, 2.45) is 0 Å². The monoisotopic (exact) mass is 309 g/mol. The second-order valence-electron chi connectivity index (χ2n) is 4.84. The zero-order chi connectivity index (χ0) is 16.9. The second kappa shape index (κ2) is 7.59. The van der Waals surface area contributed by atoms with Gasteiger partial charge >= 0.3 is 5.97 Å². The molecule has 1 aromatic rings. The highest BCUT2D eigenvalue weighted by molar-refractivity contribution is 5.99. The second-order valence-corrected chi connectivity index (χ2v) is 4.84. The number of likely N-dealkylation sites (N-methyl/N-ethyl adjacent to an activating group) is 1. The Hall–Kier alpha value is -2.37. The maximum Gasteiger partial charge on any atom is 0.328 e. The molecule has 6 heteroatoms. The zero-order valence-corrected chi connectivity index (χ0v) is 13.3. The average Bonchev–Trinajstić information content (AvgIpc) is 2.51. The summed E-state index contributed by atoms with van der Waals surface area (Å²) in [6.07, 6.45) is 1.55. The number of hydrogen-bond donors (Lipinski definition) is 0. The van der Waals surface area contributed by atoms with E-state index in [9.17, 15) is 14.0 Å². The lowest BCUT2D eigenvalue weighted by molar-refractivity contribution is -0.149. The van der Waals surface area contributed by atoms with Crippen LogP contribution in [0.2, 0.25) is 0 Å². The van der Waals surface area contributed by atoms with Gasteiger partial charge in [-0.15, -0.1) is 0 Å². The Labute approximate surface area is 129 Å². The van der Waals surface area contributed by atoms with Crippen LogP contribution in [-0.4, -0.2) is 44.1 Å². The molecule has 0 radical (unpaired) electrons. The maximum atomic E-state index is 13.6. The molecule has 0 aliphatic carbocycles. The number of rotatable bonds is 5. The lowest BCUT2D eigenvalue weighted by Gasteiger charge is -2.23. The van der Waals surface area contributed by atoms with Crippen molar-refractivity contribution in [3.05, 3.63) is 35.2 Å². The molecule has 22 heavy (non-hydrogen) atoms. The Kier molecular flexibility index (Phi) is 6.10. The molecule has 1 rings (SSSR count). The van der Waals surface area contributed by atoms with Crippen molar-refractivity contribution in [2.45, 2.75) is 19.9 Å². The number of amides is 1. The van der Waals surface area contributed by atoms with Gasteiger partial charge in [-0.3, -0.25) is 4.79 Å². The van der Waals surface area contributed by atoms with E-state index in [1.165, 1.54) is 38.3 Å². The van der Waals surface area contributed by atoms with Crippen molar-refractivity contribution in [3.8, 4) is 5.75 Å². The molecule has 0 heterocycles. The van der Waals surface area contributed by atoms with Crippen molar-refractivity contribution in [3.63, 3.8) is 0 Å². The van der Waals surface area contributed by atoms with Crippen molar-refractivity contribution in [2.75, 3.05) is 21.3 Å². The standard InChI is InChI=1S/C16H20FNO4/c1-10(15(19)18(3)11(2)16(20)22-5)8-12-6-7-14(21-4)13(17)9-12/h6-9,11H,1-5H3/b10-8+. The Morgan fingerprint density at radius 1 is 1.32 bits per heavy atom. The average molecular weight is 309 g/mol. The molecule has 0 fully saturated rings. The fourth-order valence-corrected chi connectivity index (χ4v) is 1.87. The van der Waals surface area contributed by atoms with Crippen LogP contribution in [0.15, 0.2) is 23.8 Å². The van der Waals surface area contributed by atoms with Gasteiger partial charge in [0.1, 0.15) is 6.04 Å². The third-order valence-electron chi connectivity index (χ3n) is 3.34. The highest BCUT2D eigenvalue weighted by Gasteiger charge is 2.23. The minimum atomic E-state index is -0.701. The maximum absolute atomic E-state index is 13.6. The largest absolute Gasteiger partial charge is 0.494 e. The quantitative estimate of drug-likeness (QED) is 0.618. The lowest BCUT2D eigenvalue weighted by Crippen LogP contribution is -2.41. The van der Waals surface area contributed by atoms with E-state index in [1.807, 2.05) is 0 Å². The van der Waals surface area contributed by atoms with E-state index in [4.69, 9.17) is 4.74 Å². The van der Waals surface area contributed by atoms with Crippen LogP contribution in [0.4, 0.5) is 4.39 Å². The fourth-order valence-electron chi connectivity index (χ4n) is 1.87. The molecular weight excluding hydrogens is 289 g/mol. The Balaban J connectivity index is 2.94. The summed E-state index contributed by atoms with van der Waals surface area (Å²) in [6.45, 7) is 3.18. The molecule has 5 nitrogen and oxygen atoms in total. The van der Waals surface area contributed by atoms with Gasteiger partial charge in [-0.25, -0.2) is 9.18 Å². The molecule has 0 bridgehead atoms. The Bertz CT molecular complexity index is 598. The molecule has 0 aliphatic rings. The zero-order valence-electron chi connectivity index (χ0n) is 13.3. The van der Waals surface area contributed by atoms with Gasteiger partial charge in [0.2, 0.25) is 5.91 Å². The fraction of sp³-hybridized carbons (Fsp3) is 0.375. The Morgan fingerprint density at radius 2 is 1.95 bits per heavy atom. The highest BCUT2D eigenvalue weighted by Crippen LogP contribution is 2.19. The molecule has 1 amide bonds. The molecule has 0 aromatic heterocycles. The van der Waals surface area contributed by atoms with Crippen LogP contribution < -0.4 is 4.74 Å². The van der Waals surface area contributed by atoms with Crippen molar-refractivity contribution < 1.29 is 23.5 Å². The molecule has 1 unspecified atom stereocenters. The van der Waals surface area contributed by atoms with Crippen molar-refractivity contribution >= 4 is 18.0 Å². The van der Waals surface area contributed by atoms with Gasteiger partial charge in [-0.05, 0) is 37.6 Å².